The van der Waals surface area contributed by atoms with Crippen molar-refractivity contribution in [3.63, 3.8) is 0 Å². The molecule has 1 atom stereocenters. The van der Waals surface area contributed by atoms with Gasteiger partial charge in [-0.05, 0) is 30.2 Å². The first-order chi connectivity index (χ1) is 10.8. The van der Waals surface area contributed by atoms with Gasteiger partial charge < -0.3 is 10.4 Å². The van der Waals surface area contributed by atoms with Gasteiger partial charge in [0.15, 0.2) is 0 Å². The summed E-state index contributed by atoms with van der Waals surface area (Å²) in [7, 11) is -3.64. The maximum atomic E-state index is 12.6. The molecule has 1 aromatic rings. The number of nitrogens with zero attached hydrogens (tertiary/aromatic N) is 1. The number of hydrogen-bond donors (Lipinski definition) is 2. The molecule has 0 bridgehead atoms. The van der Waals surface area contributed by atoms with Crippen molar-refractivity contribution < 1.29 is 23.1 Å². The second-order valence-corrected chi connectivity index (χ2v) is 8.46. The molecule has 1 aromatic heterocycles. The molecule has 2 rings (SSSR count). The topological polar surface area (TPSA) is 104 Å². The predicted octanol–water partition coefficient (Wildman–Crippen LogP) is 1.37. The number of carbonyl (C=O) groups is 2. The molecular formula is C14H20N2O5S2. The minimum absolute atomic E-state index is 0.0350. The molecule has 9 heteroatoms. The summed E-state index contributed by atoms with van der Waals surface area (Å²) in [6, 6.07) is 1.45. The smallest absolute Gasteiger partial charge is 0.303 e. The first-order valence-corrected chi connectivity index (χ1v) is 9.72. The SMILES string of the molecule is CC(CNC(=O)c1sccc1S(=O)(=O)N1CCCC1)CC(=O)O. The van der Waals surface area contributed by atoms with Crippen molar-refractivity contribution in [2.24, 2.45) is 5.92 Å². The van der Waals surface area contributed by atoms with Gasteiger partial charge in [0.05, 0.1) is 0 Å². The minimum Gasteiger partial charge on any atom is -0.481 e. The van der Waals surface area contributed by atoms with Gasteiger partial charge >= 0.3 is 5.97 Å². The first kappa shape index (κ1) is 17.9. The van der Waals surface area contributed by atoms with E-state index in [0.717, 1.165) is 24.2 Å². The molecule has 0 radical (unpaired) electrons. The van der Waals surface area contributed by atoms with Crippen molar-refractivity contribution >= 4 is 33.2 Å². The Labute approximate surface area is 139 Å². The van der Waals surface area contributed by atoms with Crippen molar-refractivity contribution in [1.29, 1.82) is 0 Å². The van der Waals surface area contributed by atoms with Crippen LogP contribution in [0.2, 0.25) is 0 Å². The van der Waals surface area contributed by atoms with Crippen LogP contribution in [0.4, 0.5) is 0 Å². The number of hydrogen-bond acceptors (Lipinski definition) is 5. The Morgan fingerprint density at radius 2 is 2.04 bits per heavy atom. The Morgan fingerprint density at radius 1 is 1.39 bits per heavy atom. The second-order valence-electron chi connectivity index (χ2n) is 5.64. The highest BCUT2D eigenvalue weighted by atomic mass is 32.2. The summed E-state index contributed by atoms with van der Waals surface area (Å²) in [5, 5.41) is 12.9. The van der Waals surface area contributed by atoms with Gasteiger partial charge in [0.25, 0.3) is 5.91 Å². The number of thiophene rings is 1. The summed E-state index contributed by atoms with van der Waals surface area (Å²) >= 11 is 1.07. The van der Waals surface area contributed by atoms with Crippen molar-refractivity contribution in [3.05, 3.63) is 16.3 Å². The zero-order valence-corrected chi connectivity index (χ0v) is 14.5. The van der Waals surface area contributed by atoms with E-state index in [4.69, 9.17) is 5.11 Å². The number of carbonyl (C=O) groups excluding carboxylic acids is 1. The largest absolute Gasteiger partial charge is 0.481 e. The molecule has 1 saturated heterocycles. The average molecular weight is 360 g/mol. The summed E-state index contributed by atoms with van der Waals surface area (Å²) in [6.45, 7) is 2.86. The fraction of sp³-hybridized carbons (Fsp3) is 0.571. The van der Waals surface area contributed by atoms with Gasteiger partial charge in [0.2, 0.25) is 10.0 Å². The fourth-order valence-corrected chi connectivity index (χ4v) is 5.29. The molecule has 0 aliphatic carbocycles. The maximum Gasteiger partial charge on any atom is 0.303 e. The normalized spacial score (nSPS) is 17.1. The molecule has 0 spiro atoms. The lowest BCUT2D eigenvalue weighted by Gasteiger charge is -2.16. The number of nitrogens with one attached hydrogen (secondary N) is 1. The van der Waals surface area contributed by atoms with Crippen LogP contribution < -0.4 is 5.32 Å². The lowest BCUT2D eigenvalue weighted by Crippen LogP contribution is -2.32. The highest BCUT2D eigenvalue weighted by Gasteiger charge is 2.31. The van der Waals surface area contributed by atoms with Gasteiger partial charge in [-0.15, -0.1) is 11.3 Å². The summed E-state index contributed by atoms with van der Waals surface area (Å²) in [5.41, 5.74) is 0. The monoisotopic (exact) mass is 360 g/mol. The molecule has 2 N–H and O–H groups in total. The molecule has 1 unspecified atom stereocenters. The van der Waals surface area contributed by atoms with E-state index in [1.807, 2.05) is 0 Å². The molecule has 0 aromatic carbocycles. The average Bonchev–Trinajstić information content (AvgIpc) is 3.14. The van der Waals surface area contributed by atoms with Gasteiger partial charge in [-0.3, -0.25) is 9.59 Å². The number of rotatable bonds is 7. The first-order valence-electron chi connectivity index (χ1n) is 7.40. The Hall–Kier alpha value is -1.45. The number of carboxylic acids is 1. The van der Waals surface area contributed by atoms with Gasteiger partial charge in [-0.2, -0.15) is 4.31 Å². The maximum absolute atomic E-state index is 12.6. The molecule has 7 nitrogen and oxygen atoms in total. The molecule has 1 aliphatic rings. The highest BCUT2D eigenvalue weighted by molar-refractivity contribution is 7.89. The number of sulfonamides is 1. The zero-order valence-electron chi connectivity index (χ0n) is 12.8. The van der Waals surface area contributed by atoms with Gasteiger partial charge in [-0.25, -0.2) is 8.42 Å². The summed E-state index contributed by atoms with van der Waals surface area (Å²) in [5.74, 6) is -1.63. The Kier molecular flexibility index (Phi) is 5.77. The van der Waals surface area contributed by atoms with Crippen molar-refractivity contribution in [3.8, 4) is 0 Å². The van der Waals surface area contributed by atoms with Gasteiger partial charge in [0, 0.05) is 26.1 Å². The predicted molar refractivity (Wildman–Crippen MR) is 86.1 cm³/mol. The molecule has 1 amide bonds. The molecule has 128 valence electrons. The highest BCUT2D eigenvalue weighted by Crippen LogP contribution is 2.27. The third-order valence-electron chi connectivity index (χ3n) is 3.65. The lowest BCUT2D eigenvalue weighted by atomic mass is 10.1. The Balaban J connectivity index is 2.08. The molecule has 1 aliphatic heterocycles. The van der Waals surface area contributed by atoms with E-state index in [9.17, 15) is 18.0 Å². The van der Waals surface area contributed by atoms with Crippen LogP contribution in [0.15, 0.2) is 16.3 Å². The van der Waals surface area contributed by atoms with Crippen molar-refractivity contribution in [1.82, 2.24) is 9.62 Å². The standard InChI is InChI=1S/C14H20N2O5S2/c1-10(8-12(17)18)9-15-14(19)13-11(4-7-22-13)23(20,21)16-5-2-3-6-16/h4,7,10H,2-3,5-6,8-9H2,1H3,(H,15,19)(H,17,18). The van der Waals surface area contributed by atoms with E-state index in [2.05, 4.69) is 5.32 Å². The third-order valence-corrected chi connectivity index (χ3v) is 6.64. The van der Waals surface area contributed by atoms with Crippen LogP contribution in [0.5, 0.6) is 0 Å². The molecule has 0 saturated carbocycles. The fourth-order valence-electron chi connectivity index (χ4n) is 2.45. The van der Waals surface area contributed by atoms with Crippen molar-refractivity contribution in [2.45, 2.75) is 31.1 Å². The van der Waals surface area contributed by atoms with E-state index < -0.39 is 21.9 Å². The summed E-state index contributed by atoms with van der Waals surface area (Å²) < 4.78 is 26.6. The van der Waals surface area contributed by atoms with E-state index in [0.29, 0.717) is 13.1 Å². The molecule has 23 heavy (non-hydrogen) atoms. The summed E-state index contributed by atoms with van der Waals surface area (Å²) in [6.07, 6.45) is 1.61. The van der Waals surface area contributed by atoms with E-state index >= 15 is 0 Å². The minimum atomic E-state index is -3.64. The zero-order chi connectivity index (χ0) is 17.0. The number of carboxylic acid groups (broad SMARTS) is 1. The lowest BCUT2D eigenvalue weighted by molar-refractivity contribution is -0.137. The van der Waals surface area contributed by atoms with Gasteiger partial charge in [-0.1, -0.05) is 6.92 Å². The van der Waals surface area contributed by atoms with Crippen LogP contribution in [-0.2, 0) is 14.8 Å². The Bertz CT molecular complexity index is 677. The van der Waals surface area contributed by atoms with Gasteiger partial charge in [0.1, 0.15) is 9.77 Å². The Morgan fingerprint density at radius 3 is 2.65 bits per heavy atom. The second kappa shape index (κ2) is 7.41. The number of aliphatic carboxylic acids is 1. The quantitative estimate of drug-likeness (QED) is 0.764. The van der Waals surface area contributed by atoms with Crippen LogP contribution in [0.3, 0.4) is 0 Å². The van der Waals surface area contributed by atoms with Crippen molar-refractivity contribution in [2.75, 3.05) is 19.6 Å². The van der Waals surface area contributed by atoms with E-state index in [-0.39, 0.29) is 28.7 Å². The van der Waals surface area contributed by atoms with Crippen LogP contribution >= 0.6 is 11.3 Å². The third kappa shape index (κ3) is 4.30. The molecule has 2 heterocycles. The van der Waals surface area contributed by atoms with Crippen LogP contribution in [-0.4, -0.2) is 49.3 Å². The van der Waals surface area contributed by atoms with E-state index in [1.165, 1.54) is 10.4 Å². The summed E-state index contributed by atoms with van der Waals surface area (Å²) in [4.78, 5) is 23.1. The molecule has 1 fully saturated rings. The number of amides is 1. The van der Waals surface area contributed by atoms with Crippen LogP contribution in [0.1, 0.15) is 35.9 Å². The van der Waals surface area contributed by atoms with Crippen LogP contribution in [0.25, 0.3) is 0 Å². The molecular weight excluding hydrogens is 340 g/mol. The van der Waals surface area contributed by atoms with E-state index in [1.54, 1.807) is 12.3 Å². The van der Waals surface area contributed by atoms with Crippen LogP contribution in [0, 0.1) is 5.92 Å².